The molecular formula is C13H26N2O. The lowest BCUT2D eigenvalue weighted by molar-refractivity contribution is 0.211. The van der Waals surface area contributed by atoms with Crippen molar-refractivity contribution in [2.45, 2.75) is 38.6 Å². The van der Waals surface area contributed by atoms with Crippen LogP contribution in [0, 0.1) is 0 Å². The van der Waals surface area contributed by atoms with Gasteiger partial charge in [-0.2, -0.15) is 0 Å². The van der Waals surface area contributed by atoms with E-state index < -0.39 is 0 Å². The normalized spacial score (nSPS) is 19.6. The predicted molar refractivity (Wildman–Crippen MR) is 68.5 cm³/mol. The van der Waals surface area contributed by atoms with Crippen LogP contribution in [0.25, 0.3) is 0 Å². The second-order valence-corrected chi connectivity index (χ2v) is 4.82. The zero-order valence-corrected chi connectivity index (χ0v) is 10.7. The van der Waals surface area contributed by atoms with E-state index in [1.807, 2.05) is 0 Å². The van der Waals surface area contributed by atoms with Gasteiger partial charge in [0, 0.05) is 26.2 Å². The van der Waals surface area contributed by atoms with Crippen LogP contribution in [-0.4, -0.2) is 44.3 Å². The molecule has 16 heavy (non-hydrogen) atoms. The van der Waals surface area contributed by atoms with E-state index in [0.717, 1.165) is 19.6 Å². The second-order valence-electron chi connectivity index (χ2n) is 4.82. The first-order valence-corrected chi connectivity index (χ1v) is 6.37. The highest BCUT2D eigenvalue weighted by Crippen LogP contribution is 2.11. The van der Waals surface area contributed by atoms with Crippen molar-refractivity contribution in [3.63, 3.8) is 0 Å². The highest BCUT2D eigenvalue weighted by Gasteiger charge is 2.10. The van der Waals surface area contributed by atoms with Gasteiger partial charge in [-0.25, -0.2) is 0 Å². The minimum atomic E-state index is 0.356. The average molecular weight is 226 g/mol. The molecule has 0 spiro atoms. The lowest BCUT2D eigenvalue weighted by Gasteiger charge is -2.26. The van der Waals surface area contributed by atoms with Crippen LogP contribution in [-0.2, 0) is 4.74 Å². The molecule has 94 valence electrons. The third-order valence-corrected chi connectivity index (χ3v) is 3.10. The molecule has 1 unspecified atom stereocenters. The molecule has 0 radical (unpaired) electrons. The number of nitrogens with zero attached hydrogens (tertiary/aromatic N) is 1. The summed E-state index contributed by atoms with van der Waals surface area (Å²) in [7, 11) is 1.77. The lowest BCUT2D eigenvalue weighted by atomic mass is 10.1. The van der Waals surface area contributed by atoms with Crippen LogP contribution in [0.5, 0.6) is 0 Å². The van der Waals surface area contributed by atoms with Crippen LogP contribution < -0.4 is 5.73 Å². The summed E-state index contributed by atoms with van der Waals surface area (Å²) in [6.07, 6.45) is 7.16. The van der Waals surface area contributed by atoms with Crippen LogP contribution in [0.1, 0.15) is 32.6 Å². The number of methoxy groups -OCH3 is 1. The molecule has 0 saturated heterocycles. The summed E-state index contributed by atoms with van der Waals surface area (Å²) in [5.74, 6) is 0. The summed E-state index contributed by atoms with van der Waals surface area (Å²) >= 11 is 0. The van der Waals surface area contributed by atoms with Gasteiger partial charge in [0.25, 0.3) is 0 Å². The van der Waals surface area contributed by atoms with E-state index in [1.165, 1.54) is 37.9 Å². The van der Waals surface area contributed by atoms with Gasteiger partial charge in [0.1, 0.15) is 0 Å². The van der Waals surface area contributed by atoms with Crippen LogP contribution in [0.3, 0.4) is 0 Å². The predicted octanol–water partition coefficient (Wildman–Crippen LogP) is 1.78. The highest BCUT2D eigenvalue weighted by molar-refractivity contribution is 5.07. The van der Waals surface area contributed by atoms with Crippen molar-refractivity contribution >= 4 is 0 Å². The molecule has 1 aliphatic heterocycles. The van der Waals surface area contributed by atoms with Crippen LogP contribution in [0.4, 0.5) is 0 Å². The summed E-state index contributed by atoms with van der Waals surface area (Å²) in [6, 6.07) is 0.356. The van der Waals surface area contributed by atoms with E-state index in [9.17, 15) is 0 Å². The van der Waals surface area contributed by atoms with Crippen molar-refractivity contribution < 1.29 is 4.74 Å². The summed E-state index contributed by atoms with van der Waals surface area (Å²) < 4.78 is 5.14. The van der Waals surface area contributed by atoms with Gasteiger partial charge in [-0.05, 0) is 38.3 Å². The van der Waals surface area contributed by atoms with E-state index in [4.69, 9.17) is 10.5 Å². The van der Waals surface area contributed by atoms with Crippen LogP contribution in [0.2, 0.25) is 0 Å². The SMILES string of the molecule is COCC1=CCN(CCCCC(C)N)CC1. The molecular weight excluding hydrogens is 200 g/mol. The van der Waals surface area contributed by atoms with Gasteiger partial charge in [0.15, 0.2) is 0 Å². The molecule has 1 atom stereocenters. The fourth-order valence-electron chi connectivity index (χ4n) is 2.07. The van der Waals surface area contributed by atoms with E-state index in [-0.39, 0.29) is 0 Å². The number of ether oxygens (including phenoxy) is 1. The molecule has 0 amide bonds. The number of nitrogens with two attached hydrogens (primary N) is 1. The van der Waals surface area contributed by atoms with E-state index >= 15 is 0 Å². The van der Waals surface area contributed by atoms with Crippen LogP contribution in [0.15, 0.2) is 11.6 Å². The number of hydrogen-bond donors (Lipinski definition) is 1. The first-order valence-electron chi connectivity index (χ1n) is 6.37. The first-order chi connectivity index (χ1) is 7.72. The Morgan fingerprint density at radius 3 is 2.88 bits per heavy atom. The number of hydrogen-bond acceptors (Lipinski definition) is 3. The molecule has 1 aliphatic rings. The van der Waals surface area contributed by atoms with Gasteiger partial charge in [-0.3, -0.25) is 4.90 Å². The molecule has 1 rings (SSSR count). The Hall–Kier alpha value is -0.380. The molecule has 2 N–H and O–H groups in total. The van der Waals surface area contributed by atoms with E-state index in [2.05, 4.69) is 17.9 Å². The van der Waals surface area contributed by atoms with Crippen molar-refractivity contribution in [1.82, 2.24) is 4.90 Å². The summed E-state index contributed by atoms with van der Waals surface area (Å²) in [5, 5.41) is 0. The molecule has 3 nitrogen and oxygen atoms in total. The van der Waals surface area contributed by atoms with Gasteiger partial charge in [0.2, 0.25) is 0 Å². The summed E-state index contributed by atoms with van der Waals surface area (Å²) in [6.45, 7) is 6.38. The first kappa shape index (κ1) is 13.7. The van der Waals surface area contributed by atoms with E-state index in [1.54, 1.807) is 7.11 Å². The Morgan fingerprint density at radius 2 is 2.31 bits per heavy atom. The highest BCUT2D eigenvalue weighted by atomic mass is 16.5. The molecule has 1 heterocycles. The Bertz CT molecular complexity index is 214. The maximum absolute atomic E-state index is 5.73. The molecule has 0 saturated carbocycles. The third kappa shape index (κ3) is 5.64. The molecule has 0 aromatic rings. The average Bonchev–Trinajstić information content (AvgIpc) is 2.27. The Labute approximate surface area is 99.6 Å². The van der Waals surface area contributed by atoms with Gasteiger partial charge >= 0.3 is 0 Å². The number of rotatable bonds is 7. The van der Waals surface area contributed by atoms with Crippen molar-refractivity contribution in [3.05, 3.63) is 11.6 Å². The van der Waals surface area contributed by atoms with E-state index in [0.29, 0.717) is 6.04 Å². The van der Waals surface area contributed by atoms with Crippen molar-refractivity contribution in [2.75, 3.05) is 33.4 Å². The molecule has 0 aromatic carbocycles. The standard InChI is InChI=1S/C13H26N2O/c1-12(14)5-3-4-8-15-9-6-13(7-10-15)11-16-2/h6,12H,3-5,7-11,14H2,1-2H3. The summed E-state index contributed by atoms with van der Waals surface area (Å²) in [5.41, 5.74) is 7.18. The fourth-order valence-corrected chi connectivity index (χ4v) is 2.07. The smallest absolute Gasteiger partial charge is 0.0673 e. The lowest BCUT2D eigenvalue weighted by Crippen LogP contribution is -2.30. The summed E-state index contributed by atoms with van der Waals surface area (Å²) in [4.78, 5) is 2.51. The maximum atomic E-state index is 5.73. The van der Waals surface area contributed by atoms with Crippen molar-refractivity contribution in [1.29, 1.82) is 0 Å². The van der Waals surface area contributed by atoms with Crippen molar-refractivity contribution in [2.24, 2.45) is 5.73 Å². The van der Waals surface area contributed by atoms with Gasteiger partial charge < -0.3 is 10.5 Å². The van der Waals surface area contributed by atoms with Crippen LogP contribution >= 0.6 is 0 Å². The molecule has 0 fully saturated rings. The zero-order valence-electron chi connectivity index (χ0n) is 10.7. The molecule has 3 heteroatoms. The fraction of sp³-hybridized carbons (Fsp3) is 0.846. The topological polar surface area (TPSA) is 38.5 Å². The minimum Gasteiger partial charge on any atom is -0.380 e. The molecule has 0 aromatic heterocycles. The molecule has 0 aliphatic carbocycles. The van der Waals surface area contributed by atoms with Crippen molar-refractivity contribution in [3.8, 4) is 0 Å². The largest absolute Gasteiger partial charge is 0.380 e. The van der Waals surface area contributed by atoms with Gasteiger partial charge in [0.05, 0.1) is 6.61 Å². The minimum absolute atomic E-state index is 0.356. The molecule has 0 bridgehead atoms. The van der Waals surface area contributed by atoms with Gasteiger partial charge in [-0.1, -0.05) is 12.5 Å². The van der Waals surface area contributed by atoms with Gasteiger partial charge in [-0.15, -0.1) is 0 Å². The second kappa shape index (κ2) is 7.82. The maximum Gasteiger partial charge on any atom is 0.0673 e. The zero-order chi connectivity index (χ0) is 11.8. The quantitative estimate of drug-likeness (QED) is 0.531. The Kier molecular flexibility index (Phi) is 6.69. The third-order valence-electron chi connectivity index (χ3n) is 3.10. The Morgan fingerprint density at radius 1 is 1.50 bits per heavy atom. The number of unbranched alkanes of at least 4 members (excludes halogenated alkanes) is 1. The Balaban J connectivity index is 2.08. The monoisotopic (exact) mass is 226 g/mol.